The van der Waals surface area contributed by atoms with Crippen molar-refractivity contribution in [2.24, 2.45) is 5.73 Å². The highest BCUT2D eigenvalue weighted by molar-refractivity contribution is 14.1. The van der Waals surface area contributed by atoms with Crippen LogP contribution in [0, 0.1) is 3.57 Å². The van der Waals surface area contributed by atoms with Crippen LogP contribution >= 0.6 is 22.6 Å². The highest BCUT2D eigenvalue weighted by atomic mass is 127. The minimum atomic E-state index is -0.0222. The molecule has 60 valence electrons. The first-order chi connectivity index (χ1) is 5.25. The van der Waals surface area contributed by atoms with Crippen molar-refractivity contribution in [2.45, 2.75) is 6.54 Å². The summed E-state index contributed by atoms with van der Waals surface area (Å²) in [4.78, 5) is 15.1. The molecule has 0 saturated carbocycles. The first kappa shape index (κ1) is 8.66. The predicted octanol–water partition coefficient (Wildman–Crippen LogP) is -0.193. The highest BCUT2D eigenvalue weighted by Crippen LogP contribution is 1.91. The van der Waals surface area contributed by atoms with Crippen molar-refractivity contribution in [3.8, 4) is 0 Å². The number of nitrogens with two attached hydrogens (primary N) is 1. The molecule has 0 amide bonds. The second-order valence-electron chi connectivity index (χ2n) is 2.03. The van der Waals surface area contributed by atoms with Gasteiger partial charge in [-0.2, -0.15) is 0 Å². The van der Waals surface area contributed by atoms with Gasteiger partial charge in [-0.05, 0) is 22.6 Å². The summed E-state index contributed by atoms with van der Waals surface area (Å²) >= 11 is 1.95. The largest absolute Gasteiger partial charge is 0.329 e. The Morgan fingerprint density at radius 2 is 2.45 bits per heavy atom. The number of aromatic nitrogens is 2. The van der Waals surface area contributed by atoms with Gasteiger partial charge in [0.1, 0.15) is 0 Å². The molecule has 0 aromatic carbocycles. The fourth-order valence-electron chi connectivity index (χ4n) is 0.722. The van der Waals surface area contributed by atoms with E-state index >= 15 is 0 Å². The lowest BCUT2D eigenvalue weighted by Gasteiger charge is -2.00. The molecule has 0 atom stereocenters. The van der Waals surface area contributed by atoms with Gasteiger partial charge in [0.05, 0.1) is 9.90 Å². The maximum absolute atomic E-state index is 11.2. The van der Waals surface area contributed by atoms with Gasteiger partial charge in [0.25, 0.3) is 5.56 Å². The standard InChI is InChI=1S/C6H8IN3O/c7-5-3-9-4-10(2-1-8)6(5)11/h3-4H,1-2,8H2. The molecule has 4 nitrogen and oxygen atoms in total. The summed E-state index contributed by atoms with van der Waals surface area (Å²) in [7, 11) is 0. The molecule has 1 aromatic rings. The van der Waals surface area contributed by atoms with Crippen LogP contribution in [0.3, 0.4) is 0 Å². The van der Waals surface area contributed by atoms with Crippen molar-refractivity contribution in [2.75, 3.05) is 6.54 Å². The van der Waals surface area contributed by atoms with E-state index in [1.807, 2.05) is 22.6 Å². The van der Waals surface area contributed by atoms with Crippen LogP contribution in [0.15, 0.2) is 17.3 Å². The molecule has 1 heterocycles. The Balaban J connectivity index is 3.07. The first-order valence-corrected chi connectivity index (χ1v) is 4.23. The third kappa shape index (κ3) is 2.00. The molecule has 5 heteroatoms. The van der Waals surface area contributed by atoms with Gasteiger partial charge in [-0.3, -0.25) is 9.36 Å². The van der Waals surface area contributed by atoms with Gasteiger partial charge in [-0.15, -0.1) is 0 Å². The highest BCUT2D eigenvalue weighted by Gasteiger charge is 1.97. The third-order valence-electron chi connectivity index (χ3n) is 1.23. The average Bonchev–Trinajstić information content (AvgIpc) is 1.99. The molecule has 0 aliphatic carbocycles. The fourth-order valence-corrected chi connectivity index (χ4v) is 1.19. The van der Waals surface area contributed by atoms with Gasteiger partial charge >= 0.3 is 0 Å². The van der Waals surface area contributed by atoms with E-state index in [0.717, 1.165) is 0 Å². The lowest BCUT2D eigenvalue weighted by atomic mass is 10.6. The lowest BCUT2D eigenvalue weighted by molar-refractivity contribution is 0.661. The molecule has 11 heavy (non-hydrogen) atoms. The Morgan fingerprint density at radius 1 is 1.73 bits per heavy atom. The van der Waals surface area contributed by atoms with E-state index in [1.165, 1.54) is 17.1 Å². The van der Waals surface area contributed by atoms with E-state index in [-0.39, 0.29) is 5.56 Å². The molecule has 0 aliphatic heterocycles. The predicted molar refractivity (Wildman–Crippen MR) is 50.3 cm³/mol. The van der Waals surface area contributed by atoms with Crippen molar-refractivity contribution in [1.29, 1.82) is 0 Å². The Hall–Kier alpha value is -0.430. The molecule has 1 rings (SSSR count). The van der Waals surface area contributed by atoms with E-state index < -0.39 is 0 Å². The smallest absolute Gasteiger partial charge is 0.266 e. The van der Waals surface area contributed by atoms with Gasteiger partial charge < -0.3 is 5.73 Å². The maximum atomic E-state index is 11.2. The molecule has 0 spiro atoms. The molecular formula is C6H8IN3O. The van der Waals surface area contributed by atoms with E-state index in [1.54, 1.807) is 0 Å². The van der Waals surface area contributed by atoms with Gasteiger partial charge in [0.2, 0.25) is 0 Å². The second-order valence-corrected chi connectivity index (χ2v) is 3.19. The van der Waals surface area contributed by atoms with Crippen molar-refractivity contribution >= 4 is 22.6 Å². The van der Waals surface area contributed by atoms with Crippen LogP contribution in [-0.2, 0) is 6.54 Å². The third-order valence-corrected chi connectivity index (χ3v) is 1.97. The molecule has 0 unspecified atom stereocenters. The molecule has 2 N–H and O–H groups in total. The van der Waals surface area contributed by atoms with Gasteiger partial charge in [0.15, 0.2) is 0 Å². The quantitative estimate of drug-likeness (QED) is 0.754. The Labute approximate surface area is 77.6 Å². The number of rotatable bonds is 2. The van der Waals surface area contributed by atoms with Crippen LogP contribution < -0.4 is 11.3 Å². The van der Waals surface area contributed by atoms with Crippen molar-refractivity contribution in [3.63, 3.8) is 0 Å². The fraction of sp³-hybridized carbons (Fsp3) is 0.333. The summed E-state index contributed by atoms with van der Waals surface area (Å²) in [6.07, 6.45) is 3.03. The van der Waals surface area contributed by atoms with E-state index in [9.17, 15) is 4.79 Å². The molecule has 0 fully saturated rings. The van der Waals surface area contributed by atoms with Crippen LogP contribution in [0.2, 0.25) is 0 Å². The van der Waals surface area contributed by atoms with E-state index in [0.29, 0.717) is 16.7 Å². The number of hydrogen-bond acceptors (Lipinski definition) is 3. The number of halogens is 1. The summed E-state index contributed by atoms with van der Waals surface area (Å²) < 4.78 is 2.13. The van der Waals surface area contributed by atoms with Crippen molar-refractivity contribution in [1.82, 2.24) is 9.55 Å². The Bertz CT molecular complexity index is 296. The van der Waals surface area contributed by atoms with Crippen LogP contribution in [0.4, 0.5) is 0 Å². The summed E-state index contributed by atoms with van der Waals surface area (Å²) in [6, 6.07) is 0. The first-order valence-electron chi connectivity index (χ1n) is 3.15. The molecule has 0 bridgehead atoms. The van der Waals surface area contributed by atoms with Crippen molar-refractivity contribution < 1.29 is 0 Å². The lowest BCUT2D eigenvalue weighted by Crippen LogP contribution is -2.25. The van der Waals surface area contributed by atoms with E-state index in [4.69, 9.17) is 5.73 Å². The van der Waals surface area contributed by atoms with Crippen LogP contribution in [0.1, 0.15) is 0 Å². The zero-order valence-corrected chi connectivity index (χ0v) is 7.98. The van der Waals surface area contributed by atoms with Crippen LogP contribution in [0.5, 0.6) is 0 Å². The molecular weight excluding hydrogens is 257 g/mol. The normalized spacial score (nSPS) is 10.0. The summed E-state index contributed by atoms with van der Waals surface area (Å²) in [5, 5.41) is 0. The molecule has 0 saturated heterocycles. The maximum Gasteiger partial charge on any atom is 0.266 e. The van der Waals surface area contributed by atoms with Crippen molar-refractivity contribution in [3.05, 3.63) is 26.4 Å². The minimum Gasteiger partial charge on any atom is -0.329 e. The van der Waals surface area contributed by atoms with Crippen LogP contribution in [-0.4, -0.2) is 16.1 Å². The summed E-state index contributed by atoms with van der Waals surface area (Å²) in [5.74, 6) is 0. The molecule has 0 radical (unpaired) electrons. The van der Waals surface area contributed by atoms with Gasteiger partial charge in [0, 0.05) is 19.3 Å². The SMILES string of the molecule is NCCn1cncc(I)c1=O. The Kier molecular flexibility index (Phi) is 3.01. The topological polar surface area (TPSA) is 60.9 Å². The van der Waals surface area contributed by atoms with Crippen LogP contribution in [0.25, 0.3) is 0 Å². The van der Waals surface area contributed by atoms with Gasteiger partial charge in [-0.25, -0.2) is 4.98 Å². The summed E-state index contributed by atoms with van der Waals surface area (Å²) in [6.45, 7) is 0.990. The summed E-state index contributed by atoms with van der Waals surface area (Å²) in [5.41, 5.74) is 5.27. The zero-order chi connectivity index (χ0) is 8.27. The number of nitrogens with zero attached hydrogens (tertiary/aromatic N) is 2. The van der Waals surface area contributed by atoms with E-state index in [2.05, 4.69) is 4.98 Å². The Morgan fingerprint density at radius 3 is 3.09 bits per heavy atom. The monoisotopic (exact) mass is 265 g/mol. The second kappa shape index (κ2) is 3.82. The molecule has 0 aliphatic rings. The average molecular weight is 265 g/mol. The molecule has 1 aromatic heterocycles. The van der Waals surface area contributed by atoms with Gasteiger partial charge in [-0.1, -0.05) is 0 Å². The minimum absolute atomic E-state index is 0.0222. The zero-order valence-electron chi connectivity index (χ0n) is 5.83. The number of hydrogen-bond donors (Lipinski definition) is 1.